The predicted molar refractivity (Wildman–Crippen MR) is 155 cm³/mol. The highest BCUT2D eigenvalue weighted by Crippen LogP contribution is 2.41. The van der Waals surface area contributed by atoms with Gasteiger partial charge in [-0.05, 0) is 41.5 Å². The van der Waals surface area contributed by atoms with Crippen LogP contribution in [-0.4, -0.2) is 46.4 Å². The largest absolute Gasteiger partial charge is 0.481 e. The topological polar surface area (TPSA) is 107 Å². The van der Waals surface area contributed by atoms with Gasteiger partial charge in [0.25, 0.3) is 5.92 Å². The zero-order valence-electron chi connectivity index (χ0n) is 23.1. The Morgan fingerprint density at radius 2 is 1.74 bits per heavy atom. The van der Waals surface area contributed by atoms with Crippen molar-refractivity contribution in [1.82, 2.24) is 19.5 Å². The van der Waals surface area contributed by atoms with E-state index in [1.165, 1.54) is 50.1 Å². The third kappa shape index (κ3) is 5.35. The van der Waals surface area contributed by atoms with E-state index in [9.17, 15) is 22.3 Å². The number of ether oxygens (including phenoxy) is 1. The molecule has 3 aromatic heterocycles. The fourth-order valence-corrected chi connectivity index (χ4v) is 5.81. The Kier molecular flexibility index (Phi) is 7.55. The zero-order chi connectivity index (χ0) is 30.4. The number of imidazole rings is 1. The third-order valence-corrected chi connectivity index (χ3v) is 8.70. The molecule has 0 bridgehead atoms. The van der Waals surface area contributed by atoms with Crippen LogP contribution in [0.3, 0.4) is 0 Å². The molecule has 0 radical (unpaired) electrons. The molecule has 0 saturated carbocycles. The number of aliphatic hydroxyl groups is 1. The molecular weight excluding hydrogens is 586 g/mol. The summed E-state index contributed by atoms with van der Waals surface area (Å²) in [5.41, 5.74) is 0.605. The zero-order valence-corrected chi connectivity index (χ0v) is 24.7. The Morgan fingerprint density at radius 1 is 1.05 bits per heavy atom. The van der Waals surface area contributed by atoms with Crippen LogP contribution in [0.2, 0.25) is 5.02 Å². The number of aromatic nitrogens is 4. The average molecular weight is 613 g/mol. The van der Waals surface area contributed by atoms with Crippen LogP contribution in [0.1, 0.15) is 40.6 Å². The number of pyridine rings is 2. The van der Waals surface area contributed by atoms with Gasteiger partial charge in [0.2, 0.25) is 5.88 Å². The number of benzene rings is 2. The number of hydrogen-bond acceptors (Lipinski definition) is 7. The first-order chi connectivity index (χ1) is 19.7. The second kappa shape index (κ2) is 10.7. The fraction of sp³-hybridized carbons (Fsp3) is 0.233. The molecule has 1 atom stereocenters. The van der Waals surface area contributed by atoms with Crippen molar-refractivity contribution < 1.29 is 27.0 Å². The van der Waals surface area contributed by atoms with Gasteiger partial charge in [-0.2, -0.15) is 8.78 Å². The van der Waals surface area contributed by atoms with Gasteiger partial charge in [0.15, 0.2) is 15.4 Å². The Hall–Kier alpha value is -3.93. The molecule has 5 rings (SSSR count). The van der Waals surface area contributed by atoms with Crippen LogP contribution < -0.4 is 4.74 Å². The number of halogens is 3. The predicted octanol–water partition coefficient (Wildman–Crippen LogP) is 5.42. The number of rotatable bonds is 8. The number of aryl methyl sites for hydroxylation is 1. The molecule has 42 heavy (non-hydrogen) atoms. The van der Waals surface area contributed by atoms with Crippen LogP contribution >= 0.6 is 11.6 Å². The molecule has 0 amide bonds. The Morgan fingerprint density at radius 3 is 2.29 bits per heavy atom. The van der Waals surface area contributed by atoms with Crippen LogP contribution in [0.15, 0.2) is 78.2 Å². The van der Waals surface area contributed by atoms with Gasteiger partial charge in [0.1, 0.15) is 5.69 Å². The lowest BCUT2D eigenvalue weighted by atomic mass is 9.83. The molecule has 218 valence electrons. The van der Waals surface area contributed by atoms with Gasteiger partial charge < -0.3 is 14.4 Å². The van der Waals surface area contributed by atoms with Crippen LogP contribution in [0.4, 0.5) is 8.78 Å². The summed E-state index contributed by atoms with van der Waals surface area (Å²) in [6.45, 7) is 0.757. The highest BCUT2D eigenvalue weighted by atomic mass is 35.5. The summed E-state index contributed by atoms with van der Waals surface area (Å²) in [5.74, 6) is -2.85. The minimum atomic E-state index is -3.35. The first-order valence-corrected chi connectivity index (χ1v) is 15.0. The summed E-state index contributed by atoms with van der Waals surface area (Å²) in [4.78, 5) is 12.9. The van der Waals surface area contributed by atoms with E-state index in [0.717, 1.165) is 18.7 Å². The lowest BCUT2D eigenvalue weighted by molar-refractivity contribution is 0.0125. The van der Waals surface area contributed by atoms with E-state index in [0.29, 0.717) is 45.0 Å². The monoisotopic (exact) mass is 612 g/mol. The molecule has 8 nitrogen and oxygen atoms in total. The second-order valence-corrected chi connectivity index (χ2v) is 12.6. The molecule has 2 aromatic carbocycles. The van der Waals surface area contributed by atoms with Gasteiger partial charge in [-0.3, -0.25) is 4.98 Å². The van der Waals surface area contributed by atoms with Crippen LogP contribution in [0, 0.1) is 0 Å². The first-order valence-electron chi connectivity index (χ1n) is 12.7. The Bertz CT molecular complexity index is 1890. The van der Waals surface area contributed by atoms with Crippen molar-refractivity contribution >= 4 is 32.3 Å². The summed E-state index contributed by atoms with van der Waals surface area (Å²) >= 11 is 6.96. The maximum Gasteiger partial charge on any atom is 0.286 e. The smallest absolute Gasteiger partial charge is 0.286 e. The lowest BCUT2D eigenvalue weighted by Crippen LogP contribution is -2.31. The number of fused-ring (bicyclic) bond motifs is 1. The lowest BCUT2D eigenvalue weighted by Gasteiger charge is -2.30. The standard InChI is InChI=1S/C30H27ClF2N4O4S/c1-29(32,33)25-12-8-20(15-35-25)30(38,26-16-34-17-37(26)2)19-7-11-24-22(14-19)27(31)23(28(36-24)41-3)13-18-5-9-21(10-6-18)42(4,39)40/h5-12,14-17,38H,13H2,1-4H3. The summed E-state index contributed by atoms with van der Waals surface area (Å²) in [6, 6.07) is 14.1. The summed E-state index contributed by atoms with van der Waals surface area (Å²) in [7, 11) is -0.160. The first kappa shape index (κ1) is 29.6. The summed E-state index contributed by atoms with van der Waals surface area (Å²) < 4.78 is 58.7. The quantitative estimate of drug-likeness (QED) is 0.249. The number of methoxy groups -OCH3 is 1. The van der Waals surface area contributed by atoms with E-state index < -0.39 is 27.1 Å². The Labute approximate surface area is 246 Å². The minimum absolute atomic E-state index is 0.199. The normalized spacial score (nSPS) is 13.7. The van der Waals surface area contributed by atoms with Crippen molar-refractivity contribution in [3.05, 3.63) is 112 Å². The van der Waals surface area contributed by atoms with Crippen molar-refractivity contribution in [2.75, 3.05) is 13.4 Å². The molecule has 0 saturated heterocycles. The SMILES string of the molecule is COc1nc2ccc(C(O)(c3ccc(C(C)(F)F)nc3)c3cncn3C)cc2c(Cl)c1Cc1ccc(S(C)(=O)=O)cc1. The summed E-state index contributed by atoms with van der Waals surface area (Å²) in [5, 5.41) is 13.2. The van der Waals surface area contributed by atoms with E-state index in [1.807, 2.05) is 0 Å². The molecule has 0 aliphatic rings. The van der Waals surface area contributed by atoms with Gasteiger partial charge in [-0.25, -0.2) is 18.4 Å². The number of hydrogen-bond donors (Lipinski definition) is 1. The second-order valence-electron chi connectivity index (χ2n) is 10.2. The van der Waals surface area contributed by atoms with E-state index in [4.69, 9.17) is 16.3 Å². The summed E-state index contributed by atoms with van der Waals surface area (Å²) in [6.07, 6.45) is 5.68. The van der Waals surface area contributed by atoms with Crippen LogP contribution in [0.25, 0.3) is 10.9 Å². The maximum atomic E-state index is 13.9. The molecule has 0 spiro atoms. The molecule has 12 heteroatoms. The minimum Gasteiger partial charge on any atom is -0.481 e. The molecule has 5 aromatic rings. The molecular formula is C30H27ClF2N4O4S. The van der Waals surface area contributed by atoms with Crippen molar-refractivity contribution in [3.63, 3.8) is 0 Å². The average Bonchev–Trinajstić information content (AvgIpc) is 3.39. The van der Waals surface area contributed by atoms with Crippen molar-refractivity contribution in [1.29, 1.82) is 0 Å². The molecule has 1 unspecified atom stereocenters. The molecule has 0 aliphatic carbocycles. The maximum absolute atomic E-state index is 13.9. The third-order valence-electron chi connectivity index (χ3n) is 7.14. The van der Waals surface area contributed by atoms with Crippen molar-refractivity contribution in [2.45, 2.75) is 29.8 Å². The van der Waals surface area contributed by atoms with Gasteiger partial charge in [0.05, 0.1) is 40.8 Å². The molecule has 0 aliphatic heterocycles. The molecule has 1 N–H and O–H groups in total. The van der Waals surface area contributed by atoms with Gasteiger partial charge in [-0.15, -0.1) is 0 Å². The van der Waals surface area contributed by atoms with Crippen LogP contribution in [0.5, 0.6) is 5.88 Å². The fourth-order valence-electron chi connectivity index (χ4n) is 4.88. The van der Waals surface area contributed by atoms with Crippen molar-refractivity contribution in [2.24, 2.45) is 7.05 Å². The number of sulfone groups is 1. The van der Waals surface area contributed by atoms with Gasteiger partial charge >= 0.3 is 0 Å². The van der Waals surface area contributed by atoms with E-state index in [2.05, 4.69) is 15.0 Å². The van der Waals surface area contributed by atoms with Crippen LogP contribution in [-0.2, 0) is 34.8 Å². The number of alkyl halides is 2. The highest BCUT2D eigenvalue weighted by Gasteiger charge is 2.38. The van der Waals surface area contributed by atoms with E-state index in [-0.39, 0.29) is 10.5 Å². The van der Waals surface area contributed by atoms with E-state index >= 15 is 0 Å². The van der Waals surface area contributed by atoms with Gasteiger partial charge in [0, 0.05) is 49.4 Å². The molecule has 0 fully saturated rings. The highest BCUT2D eigenvalue weighted by molar-refractivity contribution is 7.90. The van der Waals surface area contributed by atoms with E-state index in [1.54, 1.807) is 41.9 Å². The van der Waals surface area contributed by atoms with Crippen molar-refractivity contribution in [3.8, 4) is 5.88 Å². The Balaban J connectivity index is 1.66. The molecule has 3 heterocycles. The van der Waals surface area contributed by atoms with Gasteiger partial charge in [-0.1, -0.05) is 35.9 Å². The number of nitrogens with zero attached hydrogens (tertiary/aromatic N) is 4.